The molecule has 0 unspecified atom stereocenters. The third-order valence-corrected chi connectivity index (χ3v) is 6.95. The maximum atomic E-state index is 12.6. The number of aryl methyl sites for hydroxylation is 3. The maximum Gasteiger partial charge on any atom is 0.257 e. The lowest BCUT2D eigenvalue weighted by Gasteiger charge is -2.04. The van der Waals surface area contributed by atoms with Gasteiger partial charge in [-0.05, 0) is 68.3 Å². The van der Waals surface area contributed by atoms with E-state index in [2.05, 4.69) is 20.6 Å². The molecule has 9 heteroatoms. The molecule has 2 amide bonds. The molecule has 0 bridgehead atoms. The van der Waals surface area contributed by atoms with Crippen molar-refractivity contribution in [2.45, 2.75) is 20.8 Å². The van der Waals surface area contributed by atoms with Gasteiger partial charge in [0.15, 0.2) is 10.3 Å². The highest BCUT2D eigenvalue weighted by molar-refractivity contribution is 7.20. The Labute approximate surface area is 199 Å². The van der Waals surface area contributed by atoms with Crippen molar-refractivity contribution in [2.75, 3.05) is 17.7 Å². The molecule has 2 aromatic carbocycles. The van der Waals surface area contributed by atoms with E-state index in [-0.39, 0.29) is 11.8 Å². The fourth-order valence-corrected chi connectivity index (χ4v) is 4.78. The first kappa shape index (κ1) is 22.6. The topological polar surface area (TPSA) is 93.2 Å². The van der Waals surface area contributed by atoms with Gasteiger partial charge in [0.2, 0.25) is 0 Å². The molecule has 0 fully saturated rings. The highest BCUT2D eigenvalue weighted by Crippen LogP contribution is 2.34. The van der Waals surface area contributed by atoms with E-state index >= 15 is 0 Å². The summed E-state index contributed by atoms with van der Waals surface area (Å²) >= 11 is 2.68. The van der Waals surface area contributed by atoms with Crippen LogP contribution in [0.1, 0.15) is 37.5 Å². The Bertz CT molecular complexity index is 1330. The number of methoxy groups -OCH3 is 1. The van der Waals surface area contributed by atoms with Gasteiger partial charge in [0.25, 0.3) is 11.8 Å². The molecule has 7 nitrogen and oxygen atoms in total. The average molecular weight is 479 g/mol. The van der Waals surface area contributed by atoms with Crippen LogP contribution in [-0.2, 0) is 0 Å². The van der Waals surface area contributed by atoms with Crippen LogP contribution in [0, 0.1) is 20.8 Å². The number of nitrogens with zero attached hydrogens (tertiary/aromatic N) is 2. The highest BCUT2D eigenvalue weighted by atomic mass is 32.1. The van der Waals surface area contributed by atoms with Crippen molar-refractivity contribution in [3.05, 3.63) is 75.8 Å². The molecule has 0 aliphatic heterocycles. The minimum absolute atomic E-state index is 0.201. The van der Waals surface area contributed by atoms with E-state index in [1.807, 2.05) is 38.3 Å². The van der Waals surface area contributed by atoms with Gasteiger partial charge in [-0.25, -0.2) is 9.97 Å². The first-order valence-corrected chi connectivity index (χ1v) is 11.8. The molecular weight excluding hydrogens is 456 g/mol. The standard InChI is InChI=1S/C24H22N4O3S2/c1-13-5-6-17(11-14(13)2)22(30)27-23-26-19(12-32-23)20-15(3)25-24(33-20)28-21(29)16-7-9-18(31-4)10-8-16/h5-12H,1-4H3,(H,25,28,29)(H,26,27,30). The van der Waals surface area contributed by atoms with Gasteiger partial charge in [-0.2, -0.15) is 0 Å². The van der Waals surface area contributed by atoms with Crippen molar-refractivity contribution in [3.8, 4) is 16.3 Å². The summed E-state index contributed by atoms with van der Waals surface area (Å²) in [5.74, 6) is 0.230. The van der Waals surface area contributed by atoms with Crippen LogP contribution >= 0.6 is 22.7 Å². The van der Waals surface area contributed by atoms with Crippen LogP contribution < -0.4 is 15.4 Å². The normalized spacial score (nSPS) is 10.7. The number of hydrogen-bond acceptors (Lipinski definition) is 7. The maximum absolute atomic E-state index is 12.6. The number of thiazole rings is 2. The number of rotatable bonds is 6. The third-order valence-electron chi connectivity index (χ3n) is 5.10. The predicted octanol–water partition coefficient (Wildman–Crippen LogP) is 5.71. The first-order chi connectivity index (χ1) is 15.8. The smallest absolute Gasteiger partial charge is 0.257 e. The second-order valence-electron chi connectivity index (χ2n) is 7.41. The lowest BCUT2D eigenvalue weighted by molar-refractivity contribution is 0.101. The van der Waals surface area contributed by atoms with Crippen LogP contribution in [0.4, 0.5) is 10.3 Å². The van der Waals surface area contributed by atoms with E-state index in [0.717, 1.165) is 21.7 Å². The minimum atomic E-state index is -0.252. The minimum Gasteiger partial charge on any atom is -0.497 e. The van der Waals surface area contributed by atoms with Crippen LogP contribution in [0.5, 0.6) is 5.75 Å². The monoisotopic (exact) mass is 478 g/mol. The summed E-state index contributed by atoms with van der Waals surface area (Å²) in [5, 5.41) is 8.54. The van der Waals surface area contributed by atoms with Crippen LogP contribution in [-0.4, -0.2) is 28.9 Å². The van der Waals surface area contributed by atoms with E-state index in [4.69, 9.17) is 4.74 Å². The van der Waals surface area contributed by atoms with E-state index in [1.165, 1.54) is 22.7 Å². The summed E-state index contributed by atoms with van der Waals surface area (Å²) in [6, 6.07) is 12.5. The van der Waals surface area contributed by atoms with Crippen LogP contribution in [0.2, 0.25) is 0 Å². The summed E-state index contributed by atoms with van der Waals surface area (Å²) in [5.41, 5.74) is 4.76. The zero-order valence-electron chi connectivity index (χ0n) is 18.6. The van der Waals surface area contributed by atoms with Gasteiger partial charge < -0.3 is 4.74 Å². The lowest BCUT2D eigenvalue weighted by atomic mass is 10.1. The van der Waals surface area contributed by atoms with E-state index in [0.29, 0.717) is 32.8 Å². The first-order valence-electron chi connectivity index (χ1n) is 10.1. The van der Waals surface area contributed by atoms with Crippen molar-refractivity contribution in [2.24, 2.45) is 0 Å². The molecule has 0 saturated heterocycles. The second kappa shape index (κ2) is 9.51. The zero-order valence-corrected chi connectivity index (χ0v) is 20.2. The molecule has 0 aliphatic carbocycles. The largest absolute Gasteiger partial charge is 0.497 e. The van der Waals surface area contributed by atoms with Gasteiger partial charge in [0.1, 0.15) is 5.75 Å². The quantitative estimate of drug-likeness (QED) is 0.370. The highest BCUT2D eigenvalue weighted by Gasteiger charge is 2.17. The Kier molecular flexibility index (Phi) is 6.52. The molecule has 4 rings (SSSR count). The molecule has 0 aliphatic rings. The number of aromatic nitrogens is 2. The van der Waals surface area contributed by atoms with E-state index in [9.17, 15) is 9.59 Å². The van der Waals surface area contributed by atoms with Gasteiger partial charge in [0.05, 0.1) is 23.4 Å². The molecule has 2 N–H and O–H groups in total. The van der Waals surface area contributed by atoms with Crippen molar-refractivity contribution in [1.29, 1.82) is 0 Å². The van der Waals surface area contributed by atoms with Gasteiger partial charge in [-0.15, -0.1) is 11.3 Å². The van der Waals surface area contributed by atoms with E-state index in [1.54, 1.807) is 37.4 Å². The second-order valence-corrected chi connectivity index (χ2v) is 9.26. The summed E-state index contributed by atoms with van der Waals surface area (Å²) < 4.78 is 5.12. The summed E-state index contributed by atoms with van der Waals surface area (Å²) in [6.07, 6.45) is 0. The Hall–Kier alpha value is -3.56. The molecule has 2 heterocycles. The zero-order chi connectivity index (χ0) is 23.5. The van der Waals surface area contributed by atoms with Crippen molar-refractivity contribution in [3.63, 3.8) is 0 Å². The van der Waals surface area contributed by atoms with Gasteiger partial charge in [-0.3, -0.25) is 20.2 Å². The summed E-state index contributed by atoms with van der Waals surface area (Å²) in [4.78, 5) is 35.0. The molecular formula is C24H22N4O3S2. The molecule has 2 aromatic heterocycles. The van der Waals surface area contributed by atoms with Crippen molar-refractivity contribution >= 4 is 44.8 Å². The lowest BCUT2D eigenvalue weighted by Crippen LogP contribution is -2.12. The van der Waals surface area contributed by atoms with Crippen LogP contribution in [0.3, 0.4) is 0 Å². The number of nitrogens with one attached hydrogen (secondary N) is 2. The molecule has 0 saturated carbocycles. The Morgan fingerprint density at radius 3 is 2.21 bits per heavy atom. The number of carbonyl (C=O) groups is 2. The number of carbonyl (C=O) groups excluding carboxylic acids is 2. The molecule has 0 spiro atoms. The third kappa shape index (κ3) is 5.10. The van der Waals surface area contributed by atoms with Gasteiger partial charge in [-0.1, -0.05) is 17.4 Å². The Morgan fingerprint density at radius 2 is 1.52 bits per heavy atom. The molecule has 0 radical (unpaired) electrons. The van der Waals surface area contributed by atoms with Gasteiger partial charge >= 0.3 is 0 Å². The van der Waals surface area contributed by atoms with Crippen LogP contribution in [0.25, 0.3) is 10.6 Å². The number of ether oxygens (including phenoxy) is 1. The number of amides is 2. The number of hydrogen-bond donors (Lipinski definition) is 2. The predicted molar refractivity (Wildman–Crippen MR) is 133 cm³/mol. The average Bonchev–Trinajstić information content (AvgIpc) is 3.41. The van der Waals surface area contributed by atoms with Gasteiger partial charge in [0, 0.05) is 16.5 Å². The van der Waals surface area contributed by atoms with Crippen molar-refractivity contribution in [1.82, 2.24) is 9.97 Å². The molecule has 0 atom stereocenters. The Morgan fingerprint density at radius 1 is 0.848 bits per heavy atom. The summed E-state index contributed by atoms with van der Waals surface area (Å²) in [6.45, 7) is 5.85. The Balaban J connectivity index is 1.46. The summed E-state index contributed by atoms with van der Waals surface area (Å²) in [7, 11) is 1.58. The molecule has 168 valence electrons. The fraction of sp³-hybridized carbons (Fsp3) is 0.167. The number of anilines is 2. The molecule has 4 aromatic rings. The van der Waals surface area contributed by atoms with E-state index < -0.39 is 0 Å². The SMILES string of the molecule is COc1ccc(C(=O)Nc2nc(C)c(-c3csc(NC(=O)c4ccc(C)c(C)c4)n3)s2)cc1. The van der Waals surface area contributed by atoms with Crippen LogP contribution in [0.15, 0.2) is 47.8 Å². The fourth-order valence-electron chi connectivity index (χ4n) is 3.09. The molecule has 33 heavy (non-hydrogen) atoms. The van der Waals surface area contributed by atoms with Crippen molar-refractivity contribution < 1.29 is 14.3 Å². The number of benzene rings is 2.